The van der Waals surface area contributed by atoms with Crippen LogP contribution in [0.3, 0.4) is 0 Å². The quantitative estimate of drug-likeness (QED) is 0.861. The highest BCUT2D eigenvalue weighted by Crippen LogP contribution is 2.21. The molecule has 0 aromatic heterocycles. The van der Waals surface area contributed by atoms with Crippen molar-refractivity contribution >= 4 is 21.8 Å². The summed E-state index contributed by atoms with van der Waals surface area (Å²) in [6.45, 7) is 1.91. The van der Waals surface area contributed by atoms with Gasteiger partial charge in [0.2, 0.25) is 0 Å². The lowest BCUT2D eigenvalue weighted by molar-refractivity contribution is 0.341. The lowest BCUT2D eigenvalue weighted by Gasteiger charge is -2.10. The average Bonchev–Trinajstić information content (AvgIpc) is 2.46. The summed E-state index contributed by atoms with van der Waals surface area (Å²) in [5.41, 5.74) is 2.25. The number of sulfonamides is 1. The van der Waals surface area contributed by atoms with Crippen molar-refractivity contribution in [2.45, 2.75) is 11.8 Å². The summed E-state index contributed by atoms with van der Waals surface area (Å²) >= 11 is 0. The zero-order valence-corrected chi connectivity index (χ0v) is 12.7. The Hall–Kier alpha value is -2.27. The van der Waals surface area contributed by atoms with Crippen LogP contribution in [0.5, 0.6) is 0 Å². The molecule has 0 amide bonds. The first kappa shape index (κ1) is 15.1. The molecule has 0 aliphatic carbocycles. The summed E-state index contributed by atoms with van der Waals surface area (Å²) in [6.07, 6.45) is 3.20. The number of nitrogens with one attached hydrogen (secondary N) is 1. The minimum absolute atomic E-state index is 0.235. The number of para-hydroxylation sites is 1. The fourth-order valence-electron chi connectivity index (χ4n) is 1.80. The van der Waals surface area contributed by atoms with Crippen LogP contribution in [0.25, 0.3) is 6.08 Å². The second-order valence-electron chi connectivity index (χ2n) is 4.54. The van der Waals surface area contributed by atoms with E-state index in [1.54, 1.807) is 42.5 Å². The molecule has 0 spiro atoms. The number of anilines is 1. The van der Waals surface area contributed by atoms with E-state index in [-0.39, 0.29) is 4.90 Å². The molecule has 110 valence electrons. The maximum atomic E-state index is 12.4. The number of aryl methyl sites for hydroxylation is 1. The van der Waals surface area contributed by atoms with E-state index in [4.69, 9.17) is 4.74 Å². The van der Waals surface area contributed by atoms with Gasteiger partial charge in [-0.3, -0.25) is 4.72 Å². The van der Waals surface area contributed by atoms with Crippen molar-refractivity contribution < 1.29 is 13.2 Å². The van der Waals surface area contributed by atoms with Crippen LogP contribution in [-0.4, -0.2) is 15.5 Å². The van der Waals surface area contributed by atoms with Gasteiger partial charge in [0.15, 0.2) is 0 Å². The molecular weight excluding hydrogens is 286 g/mol. The molecule has 2 rings (SSSR count). The number of methoxy groups -OCH3 is 1. The zero-order chi connectivity index (χ0) is 15.3. The summed E-state index contributed by atoms with van der Waals surface area (Å²) in [5, 5.41) is 0. The fourth-order valence-corrected chi connectivity index (χ4v) is 2.89. The van der Waals surface area contributed by atoms with E-state index in [0.717, 1.165) is 11.1 Å². The molecule has 0 saturated heterocycles. The van der Waals surface area contributed by atoms with Gasteiger partial charge in [0, 0.05) is 5.56 Å². The molecule has 4 nitrogen and oxygen atoms in total. The van der Waals surface area contributed by atoms with Gasteiger partial charge in [-0.05, 0) is 31.2 Å². The van der Waals surface area contributed by atoms with Gasteiger partial charge in [-0.2, -0.15) is 0 Å². The van der Waals surface area contributed by atoms with Crippen molar-refractivity contribution in [1.29, 1.82) is 0 Å². The Balaban J connectivity index is 2.33. The van der Waals surface area contributed by atoms with E-state index in [2.05, 4.69) is 4.72 Å². The van der Waals surface area contributed by atoms with E-state index in [1.165, 1.54) is 13.4 Å². The Bertz CT molecular complexity index is 734. The number of hydrogen-bond acceptors (Lipinski definition) is 3. The predicted molar refractivity (Wildman–Crippen MR) is 84.5 cm³/mol. The minimum Gasteiger partial charge on any atom is -0.504 e. The van der Waals surface area contributed by atoms with Crippen molar-refractivity contribution in [2.24, 2.45) is 0 Å². The third-order valence-corrected chi connectivity index (χ3v) is 4.30. The molecule has 2 aromatic rings. The number of hydrogen-bond donors (Lipinski definition) is 1. The lowest BCUT2D eigenvalue weighted by Crippen LogP contribution is -2.13. The molecule has 0 unspecified atom stereocenters. The van der Waals surface area contributed by atoms with Crippen LogP contribution in [0.15, 0.2) is 59.7 Å². The minimum atomic E-state index is -3.60. The maximum Gasteiger partial charge on any atom is 0.261 e. The van der Waals surface area contributed by atoms with E-state index in [0.29, 0.717) is 5.69 Å². The second kappa shape index (κ2) is 6.45. The van der Waals surface area contributed by atoms with Crippen molar-refractivity contribution in [3.8, 4) is 0 Å². The topological polar surface area (TPSA) is 55.4 Å². The van der Waals surface area contributed by atoms with Gasteiger partial charge >= 0.3 is 0 Å². The molecule has 1 N–H and O–H groups in total. The van der Waals surface area contributed by atoms with Gasteiger partial charge in [-0.25, -0.2) is 8.42 Å². The Morgan fingerprint density at radius 1 is 1.05 bits per heavy atom. The van der Waals surface area contributed by atoms with Crippen LogP contribution in [0, 0.1) is 6.92 Å². The molecule has 0 radical (unpaired) electrons. The van der Waals surface area contributed by atoms with E-state index < -0.39 is 10.0 Å². The molecule has 0 bridgehead atoms. The number of ether oxygens (including phenoxy) is 1. The molecular formula is C16H17NO3S. The van der Waals surface area contributed by atoms with E-state index in [9.17, 15) is 8.42 Å². The maximum absolute atomic E-state index is 12.4. The van der Waals surface area contributed by atoms with Crippen LogP contribution in [0.1, 0.15) is 11.1 Å². The third kappa shape index (κ3) is 3.86. The first-order chi connectivity index (χ1) is 10.0. The van der Waals surface area contributed by atoms with Crippen LogP contribution in [0.4, 0.5) is 5.69 Å². The van der Waals surface area contributed by atoms with Crippen molar-refractivity contribution in [3.05, 3.63) is 65.9 Å². The SMILES string of the molecule is CO/C=C/c1ccccc1NS(=O)(=O)c1ccc(C)cc1. The Morgan fingerprint density at radius 3 is 2.38 bits per heavy atom. The van der Waals surface area contributed by atoms with Crippen LogP contribution >= 0.6 is 0 Å². The van der Waals surface area contributed by atoms with Crippen molar-refractivity contribution in [1.82, 2.24) is 0 Å². The van der Waals surface area contributed by atoms with Gasteiger partial charge in [0.25, 0.3) is 10.0 Å². The highest BCUT2D eigenvalue weighted by atomic mass is 32.2. The van der Waals surface area contributed by atoms with E-state index in [1.807, 2.05) is 19.1 Å². The summed E-state index contributed by atoms with van der Waals surface area (Å²) in [5.74, 6) is 0. The molecule has 0 atom stereocenters. The molecule has 0 saturated carbocycles. The smallest absolute Gasteiger partial charge is 0.261 e. The molecule has 2 aromatic carbocycles. The molecule has 0 heterocycles. The summed E-state index contributed by atoms with van der Waals surface area (Å²) in [6, 6.07) is 13.8. The molecule has 21 heavy (non-hydrogen) atoms. The third-order valence-electron chi connectivity index (χ3n) is 2.92. The summed E-state index contributed by atoms with van der Waals surface area (Å²) in [7, 11) is -2.07. The van der Waals surface area contributed by atoms with Gasteiger partial charge in [-0.1, -0.05) is 35.9 Å². The predicted octanol–water partition coefficient (Wildman–Crippen LogP) is 3.41. The standard InChI is InChI=1S/C16H17NO3S/c1-13-7-9-15(10-8-13)21(18,19)17-16-6-4-3-5-14(16)11-12-20-2/h3-12,17H,1-2H3/b12-11+. The highest BCUT2D eigenvalue weighted by molar-refractivity contribution is 7.92. The lowest BCUT2D eigenvalue weighted by atomic mass is 10.2. The Morgan fingerprint density at radius 2 is 1.71 bits per heavy atom. The first-order valence-electron chi connectivity index (χ1n) is 6.41. The van der Waals surface area contributed by atoms with Crippen molar-refractivity contribution in [3.63, 3.8) is 0 Å². The zero-order valence-electron chi connectivity index (χ0n) is 11.9. The monoisotopic (exact) mass is 303 g/mol. The fraction of sp³-hybridized carbons (Fsp3) is 0.125. The second-order valence-corrected chi connectivity index (χ2v) is 6.23. The van der Waals surface area contributed by atoms with Crippen LogP contribution in [-0.2, 0) is 14.8 Å². The van der Waals surface area contributed by atoms with Crippen molar-refractivity contribution in [2.75, 3.05) is 11.8 Å². The van der Waals surface area contributed by atoms with E-state index >= 15 is 0 Å². The summed E-state index contributed by atoms with van der Waals surface area (Å²) < 4.78 is 32.2. The van der Waals surface area contributed by atoms with Crippen LogP contribution in [0.2, 0.25) is 0 Å². The van der Waals surface area contributed by atoms with Gasteiger partial charge < -0.3 is 4.74 Å². The summed E-state index contributed by atoms with van der Waals surface area (Å²) in [4.78, 5) is 0.235. The normalized spacial score (nSPS) is 11.5. The highest BCUT2D eigenvalue weighted by Gasteiger charge is 2.14. The molecule has 0 aliphatic heterocycles. The Labute approximate surface area is 125 Å². The van der Waals surface area contributed by atoms with Gasteiger partial charge in [0.1, 0.15) is 0 Å². The van der Waals surface area contributed by atoms with Gasteiger partial charge in [-0.15, -0.1) is 0 Å². The largest absolute Gasteiger partial charge is 0.504 e. The van der Waals surface area contributed by atoms with Crippen LogP contribution < -0.4 is 4.72 Å². The average molecular weight is 303 g/mol. The molecule has 0 aliphatic rings. The molecule has 5 heteroatoms. The molecule has 0 fully saturated rings. The first-order valence-corrected chi connectivity index (χ1v) is 7.89. The number of rotatable bonds is 5. The number of benzene rings is 2. The van der Waals surface area contributed by atoms with Gasteiger partial charge in [0.05, 0.1) is 24.0 Å². The Kier molecular flexibility index (Phi) is 4.65.